The lowest BCUT2D eigenvalue weighted by Crippen LogP contribution is -2.05. The van der Waals surface area contributed by atoms with Gasteiger partial charge in [0.1, 0.15) is 5.82 Å². The second-order valence-corrected chi connectivity index (χ2v) is 4.44. The van der Waals surface area contributed by atoms with E-state index < -0.39 is 11.6 Å². The third-order valence-electron chi connectivity index (χ3n) is 2.76. The van der Waals surface area contributed by atoms with Gasteiger partial charge in [0.05, 0.1) is 0 Å². The molecule has 1 aromatic heterocycles. The SMILES string of the molecule is Fc1ccc(Nc2nccc(NC3CC3)n2)cc1F. The molecule has 0 amide bonds. The van der Waals surface area contributed by atoms with Gasteiger partial charge in [0, 0.05) is 24.0 Å². The van der Waals surface area contributed by atoms with Crippen LogP contribution in [-0.4, -0.2) is 16.0 Å². The molecule has 0 atom stereocenters. The second-order valence-electron chi connectivity index (χ2n) is 4.44. The lowest BCUT2D eigenvalue weighted by Gasteiger charge is -2.07. The van der Waals surface area contributed by atoms with Crippen molar-refractivity contribution in [2.24, 2.45) is 0 Å². The van der Waals surface area contributed by atoms with Crippen molar-refractivity contribution < 1.29 is 8.78 Å². The van der Waals surface area contributed by atoms with E-state index in [1.807, 2.05) is 0 Å². The van der Waals surface area contributed by atoms with E-state index >= 15 is 0 Å². The summed E-state index contributed by atoms with van der Waals surface area (Å²) in [7, 11) is 0. The molecule has 19 heavy (non-hydrogen) atoms. The molecule has 6 heteroatoms. The van der Waals surface area contributed by atoms with Crippen molar-refractivity contribution in [2.45, 2.75) is 18.9 Å². The van der Waals surface area contributed by atoms with Crippen molar-refractivity contribution in [1.29, 1.82) is 0 Å². The van der Waals surface area contributed by atoms with Crippen LogP contribution in [0.25, 0.3) is 0 Å². The topological polar surface area (TPSA) is 49.8 Å². The largest absolute Gasteiger partial charge is 0.367 e. The first-order chi connectivity index (χ1) is 9.20. The number of hydrogen-bond acceptors (Lipinski definition) is 4. The molecule has 0 unspecified atom stereocenters. The second kappa shape index (κ2) is 4.79. The summed E-state index contributed by atoms with van der Waals surface area (Å²) < 4.78 is 25.9. The highest BCUT2D eigenvalue weighted by Gasteiger charge is 2.21. The maximum Gasteiger partial charge on any atom is 0.229 e. The Balaban J connectivity index is 1.75. The van der Waals surface area contributed by atoms with Crippen LogP contribution in [0.5, 0.6) is 0 Å². The third kappa shape index (κ3) is 2.96. The van der Waals surface area contributed by atoms with Crippen LogP contribution in [0.4, 0.5) is 26.2 Å². The van der Waals surface area contributed by atoms with Crippen molar-refractivity contribution in [1.82, 2.24) is 9.97 Å². The first-order valence-corrected chi connectivity index (χ1v) is 6.02. The zero-order valence-corrected chi connectivity index (χ0v) is 10.0. The Hall–Kier alpha value is -2.24. The molecule has 0 bridgehead atoms. The van der Waals surface area contributed by atoms with Gasteiger partial charge in [0.25, 0.3) is 0 Å². The summed E-state index contributed by atoms with van der Waals surface area (Å²) in [6.07, 6.45) is 3.91. The minimum absolute atomic E-state index is 0.344. The normalized spacial score (nSPS) is 14.2. The molecule has 1 heterocycles. The van der Waals surface area contributed by atoms with Gasteiger partial charge in [-0.3, -0.25) is 0 Å². The minimum atomic E-state index is -0.905. The molecule has 1 aliphatic carbocycles. The van der Waals surface area contributed by atoms with Crippen molar-refractivity contribution >= 4 is 17.5 Å². The van der Waals surface area contributed by atoms with Gasteiger partial charge < -0.3 is 10.6 Å². The number of aromatic nitrogens is 2. The Morgan fingerprint density at radius 3 is 2.68 bits per heavy atom. The van der Waals surface area contributed by atoms with Crippen LogP contribution < -0.4 is 10.6 Å². The van der Waals surface area contributed by atoms with Crippen molar-refractivity contribution in [3.05, 3.63) is 42.1 Å². The molecule has 1 aliphatic rings. The van der Waals surface area contributed by atoms with Gasteiger partial charge in [0.2, 0.25) is 5.95 Å². The van der Waals surface area contributed by atoms with Gasteiger partial charge in [-0.2, -0.15) is 4.98 Å². The molecule has 98 valence electrons. The molecule has 0 spiro atoms. The monoisotopic (exact) mass is 262 g/mol. The molecular formula is C13H12F2N4. The summed E-state index contributed by atoms with van der Waals surface area (Å²) >= 11 is 0. The predicted octanol–water partition coefficient (Wildman–Crippen LogP) is 3.07. The minimum Gasteiger partial charge on any atom is -0.367 e. The van der Waals surface area contributed by atoms with E-state index in [2.05, 4.69) is 20.6 Å². The quantitative estimate of drug-likeness (QED) is 0.889. The fourth-order valence-electron chi connectivity index (χ4n) is 1.64. The Bertz CT molecular complexity index is 599. The molecule has 2 aromatic rings. The van der Waals surface area contributed by atoms with Crippen LogP contribution in [0.2, 0.25) is 0 Å². The maximum atomic E-state index is 13.1. The van der Waals surface area contributed by atoms with E-state index in [0.717, 1.165) is 30.8 Å². The summed E-state index contributed by atoms with van der Waals surface area (Å²) in [5.41, 5.74) is 0.405. The Morgan fingerprint density at radius 2 is 1.95 bits per heavy atom. The number of nitrogens with one attached hydrogen (secondary N) is 2. The molecule has 1 fully saturated rings. The number of halogens is 2. The first-order valence-electron chi connectivity index (χ1n) is 6.02. The number of benzene rings is 1. The Morgan fingerprint density at radius 1 is 1.11 bits per heavy atom. The van der Waals surface area contributed by atoms with Crippen molar-refractivity contribution in [3.63, 3.8) is 0 Å². The van der Waals surface area contributed by atoms with Crippen LogP contribution in [0.15, 0.2) is 30.5 Å². The summed E-state index contributed by atoms with van der Waals surface area (Å²) in [4.78, 5) is 8.29. The summed E-state index contributed by atoms with van der Waals surface area (Å²) in [5, 5.41) is 6.07. The van der Waals surface area contributed by atoms with Gasteiger partial charge >= 0.3 is 0 Å². The highest BCUT2D eigenvalue weighted by Crippen LogP contribution is 2.24. The van der Waals surface area contributed by atoms with E-state index in [9.17, 15) is 8.78 Å². The molecule has 0 saturated heterocycles. The van der Waals surface area contributed by atoms with Gasteiger partial charge in [0.15, 0.2) is 11.6 Å². The van der Waals surface area contributed by atoms with Crippen molar-refractivity contribution in [2.75, 3.05) is 10.6 Å². The smallest absolute Gasteiger partial charge is 0.229 e. The molecule has 2 N–H and O–H groups in total. The zero-order valence-electron chi connectivity index (χ0n) is 10.0. The molecule has 0 aliphatic heterocycles. The zero-order chi connectivity index (χ0) is 13.2. The third-order valence-corrected chi connectivity index (χ3v) is 2.76. The van der Waals surface area contributed by atoms with E-state index in [-0.39, 0.29) is 0 Å². The van der Waals surface area contributed by atoms with E-state index in [4.69, 9.17) is 0 Å². The van der Waals surface area contributed by atoms with Gasteiger partial charge in [-0.25, -0.2) is 13.8 Å². The van der Waals surface area contributed by atoms with Gasteiger partial charge in [-0.05, 0) is 31.0 Å². The Labute approximate surface area is 108 Å². The predicted molar refractivity (Wildman–Crippen MR) is 68.3 cm³/mol. The summed E-state index contributed by atoms with van der Waals surface area (Å²) in [5.74, 6) is -0.716. The molecule has 1 saturated carbocycles. The number of anilines is 3. The molecule has 3 rings (SSSR count). The van der Waals surface area contributed by atoms with Gasteiger partial charge in [-0.1, -0.05) is 0 Å². The molecule has 4 nitrogen and oxygen atoms in total. The number of hydrogen-bond donors (Lipinski definition) is 2. The number of rotatable bonds is 4. The van der Waals surface area contributed by atoms with Crippen LogP contribution in [0, 0.1) is 11.6 Å². The Kier molecular flexibility index (Phi) is 2.98. The lowest BCUT2D eigenvalue weighted by molar-refractivity contribution is 0.509. The van der Waals surface area contributed by atoms with E-state index in [0.29, 0.717) is 17.7 Å². The standard InChI is InChI=1S/C13H12F2N4/c14-10-4-3-9(7-11(10)15)18-13-16-6-5-12(19-13)17-8-1-2-8/h3-8H,1-2H2,(H2,16,17,18,19). The van der Waals surface area contributed by atoms with E-state index in [1.54, 1.807) is 12.3 Å². The van der Waals surface area contributed by atoms with Crippen LogP contribution >= 0.6 is 0 Å². The van der Waals surface area contributed by atoms with Crippen LogP contribution in [0.1, 0.15) is 12.8 Å². The van der Waals surface area contributed by atoms with Crippen molar-refractivity contribution in [3.8, 4) is 0 Å². The highest BCUT2D eigenvalue weighted by molar-refractivity contribution is 5.54. The molecule has 0 radical (unpaired) electrons. The highest BCUT2D eigenvalue weighted by atomic mass is 19.2. The average molecular weight is 262 g/mol. The van der Waals surface area contributed by atoms with E-state index in [1.165, 1.54) is 6.07 Å². The van der Waals surface area contributed by atoms with Gasteiger partial charge in [-0.15, -0.1) is 0 Å². The van der Waals surface area contributed by atoms with Crippen LogP contribution in [0.3, 0.4) is 0 Å². The summed E-state index contributed by atoms with van der Waals surface area (Å²) in [6, 6.07) is 5.83. The first kappa shape index (κ1) is 11.8. The molecular weight excluding hydrogens is 250 g/mol. The lowest BCUT2D eigenvalue weighted by atomic mass is 10.3. The maximum absolute atomic E-state index is 13.1. The average Bonchev–Trinajstić information content (AvgIpc) is 3.18. The fourth-order valence-corrected chi connectivity index (χ4v) is 1.64. The number of nitrogens with zero attached hydrogens (tertiary/aromatic N) is 2. The van der Waals surface area contributed by atoms with Crippen LogP contribution in [-0.2, 0) is 0 Å². The molecule has 1 aromatic carbocycles. The summed E-state index contributed by atoms with van der Waals surface area (Å²) in [6.45, 7) is 0. The fraction of sp³-hybridized carbons (Fsp3) is 0.231.